The molecular weight excluding hydrogens is 303 g/mol. The van der Waals surface area contributed by atoms with Crippen molar-refractivity contribution >= 4 is 17.6 Å². The van der Waals surface area contributed by atoms with E-state index in [4.69, 9.17) is 0 Å². The summed E-state index contributed by atoms with van der Waals surface area (Å²) >= 11 is 0. The van der Waals surface area contributed by atoms with Gasteiger partial charge in [-0.1, -0.05) is 19.1 Å². The summed E-state index contributed by atoms with van der Waals surface area (Å²) in [7, 11) is 0. The van der Waals surface area contributed by atoms with Gasteiger partial charge in [0.05, 0.1) is 12.2 Å². The average molecular weight is 319 g/mol. The maximum Gasteiger partial charge on any atom is 0.573 e. The molecule has 0 aliphatic carbocycles. The number of halogens is 3. The van der Waals surface area contributed by atoms with Crippen LogP contribution in [0.15, 0.2) is 24.3 Å². The van der Waals surface area contributed by atoms with Gasteiger partial charge in [0.25, 0.3) is 0 Å². The topological polar surface area (TPSA) is 79.5 Å². The number of benzene rings is 1. The number of hydrogen-bond donors (Lipinski definition) is 3. The zero-order valence-electron chi connectivity index (χ0n) is 11.8. The molecule has 0 radical (unpaired) electrons. The lowest BCUT2D eigenvalue weighted by atomic mass is 10.3. The molecule has 0 unspecified atom stereocenters. The lowest BCUT2D eigenvalue weighted by Gasteiger charge is -2.14. The number of alkyl halides is 3. The van der Waals surface area contributed by atoms with E-state index in [1.54, 1.807) is 0 Å². The summed E-state index contributed by atoms with van der Waals surface area (Å²) in [6.45, 7) is 2.07. The first kappa shape index (κ1) is 17.6. The standard InChI is InChI=1S/C13H16F3N3O3/c1-2-7-17-11(20)8-18-12(21)19-9-5-3-4-6-10(9)22-13(14,15)16/h3-6H,2,7-8H2,1H3,(H,17,20)(H2,18,19,21). The highest BCUT2D eigenvalue weighted by molar-refractivity contribution is 5.93. The van der Waals surface area contributed by atoms with Gasteiger partial charge in [-0.15, -0.1) is 13.2 Å². The van der Waals surface area contributed by atoms with E-state index in [1.165, 1.54) is 18.2 Å². The minimum absolute atomic E-state index is 0.161. The van der Waals surface area contributed by atoms with Gasteiger partial charge in [-0.25, -0.2) is 4.79 Å². The fourth-order valence-electron chi connectivity index (χ4n) is 1.44. The van der Waals surface area contributed by atoms with Crippen LogP contribution in [0.5, 0.6) is 5.75 Å². The van der Waals surface area contributed by atoms with E-state index < -0.39 is 24.1 Å². The SMILES string of the molecule is CCCNC(=O)CNC(=O)Nc1ccccc1OC(F)(F)F. The van der Waals surface area contributed by atoms with Crippen LogP contribution < -0.4 is 20.7 Å². The fraction of sp³-hybridized carbons (Fsp3) is 0.385. The van der Waals surface area contributed by atoms with Gasteiger partial charge in [-0.05, 0) is 18.6 Å². The summed E-state index contributed by atoms with van der Waals surface area (Å²) in [5, 5.41) is 6.96. The third-order valence-corrected chi connectivity index (χ3v) is 2.34. The van der Waals surface area contributed by atoms with Crippen molar-refractivity contribution in [1.82, 2.24) is 10.6 Å². The highest BCUT2D eigenvalue weighted by atomic mass is 19.4. The van der Waals surface area contributed by atoms with Gasteiger partial charge in [-0.3, -0.25) is 4.79 Å². The zero-order chi connectivity index (χ0) is 16.6. The van der Waals surface area contributed by atoms with Crippen molar-refractivity contribution in [3.63, 3.8) is 0 Å². The van der Waals surface area contributed by atoms with E-state index in [0.29, 0.717) is 6.54 Å². The first-order chi connectivity index (χ1) is 10.3. The van der Waals surface area contributed by atoms with Crippen LogP contribution in [0.4, 0.5) is 23.7 Å². The highest BCUT2D eigenvalue weighted by Crippen LogP contribution is 2.29. The van der Waals surface area contributed by atoms with E-state index in [9.17, 15) is 22.8 Å². The van der Waals surface area contributed by atoms with Crippen molar-refractivity contribution in [2.75, 3.05) is 18.4 Å². The second-order valence-corrected chi connectivity index (χ2v) is 4.20. The van der Waals surface area contributed by atoms with Crippen molar-refractivity contribution in [2.45, 2.75) is 19.7 Å². The van der Waals surface area contributed by atoms with Gasteiger partial charge in [0.15, 0.2) is 5.75 Å². The Labute approximate surface area is 125 Å². The summed E-state index contributed by atoms with van der Waals surface area (Å²) in [5.74, 6) is -0.933. The monoisotopic (exact) mass is 319 g/mol. The van der Waals surface area contributed by atoms with Crippen LogP contribution in [-0.4, -0.2) is 31.4 Å². The molecule has 0 saturated heterocycles. The molecule has 0 atom stereocenters. The molecule has 122 valence electrons. The quantitative estimate of drug-likeness (QED) is 0.752. The normalized spacial score (nSPS) is 10.7. The number of nitrogens with one attached hydrogen (secondary N) is 3. The van der Waals surface area contributed by atoms with Crippen LogP contribution in [0.2, 0.25) is 0 Å². The molecule has 0 aliphatic heterocycles. The highest BCUT2D eigenvalue weighted by Gasteiger charge is 2.32. The first-order valence-electron chi connectivity index (χ1n) is 6.48. The molecule has 1 aromatic rings. The van der Waals surface area contributed by atoms with Crippen LogP contribution >= 0.6 is 0 Å². The summed E-state index contributed by atoms with van der Waals surface area (Å²) in [4.78, 5) is 22.9. The minimum atomic E-state index is -4.87. The Kier molecular flexibility index (Phi) is 6.48. The molecule has 6 nitrogen and oxygen atoms in total. The number of rotatable bonds is 6. The fourth-order valence-corrected chi connectivity index (χ4v) is 1.44. The van der Waals surface area contributed by atoms with Crippen LogP contribution in [-0.2, 0) is 4.79 Å². The predicted molar refractivity (Wildman–Crippen MR) is 73.4 cm³/mol. The lowest BCUT2D eigenvalue weighted by Crippen LogP contribution is -2.39. The van der Waals surface area contributed by atoms with Crippen molar-refractivity contribution in [2.24, 2.45) is 0 Å². The van der Waals surface area contributed by atoms with Crippen LogP contribution in [0, 0.1) is 0 Å². The Morgan fingerprint density at radius 3 is 2.50 bits per heavy atom. The second-order valence-electron chi connectivity index (χ2n) is 4.20. The number of para-hydroxylation sites is 2. The second kappa shape index (κ2) is 8.11. The Hall–Kier alpha value is -2.45. The van der Waals surface area contributed by atoms with Crippen LogP contribution in [0.25, 0.3) is 0 Å². The number of amides is 3. The molecule has 1 aromatic carbocycles. The van der Waals surface area contributed by atoms with Gasteiger partial charge in [-0.2, -0.15) is 0 Å². The number of ether oxygens (including phenoxy) is 1. The average Bonchev–Trinajstić information content (AvgIpc) is 2.43. The van der Waals surface area contributed by atoms with Gasteiger partial charge < -0.3 is 20.7 Å². The lowest BCUT2D eigenvalue weighted by molar-refractivity contribution is -0.274. The molecule has 0 fully saturated rings. The zero-order valence-corrected chi connectivity index (χ0v) is 11.8. The number of carbonyl (C=O) groups excluding carboxylic acids is 2. The Morgan fingerprint density at radius 2 is 1.86 bits per heavy atom. The largest absolute Gasteiger partial charge is 0.573 e. The minimum Gasteiger partial charge on any atom is -0.404 e. The molecule has 1 rings (SSSR count). The molecule has 0 aromatic heterocycles. The molecule has 0 bridgehead atoms. The third kappa shape index (κ3) is 6.82. The van der Waals surface area contributed by atoms with E-state index >= 15 is 0 Å². The summed E-state index contributed by atoms with van der Waals surface area (Å²) in [5.41, 5.74) is -0.161. The summed E-state index contributed by atoms with van der Waals surface area (Å²) in [6.07, 6.45) is -4.12. The maximum atomic E-state index is 12.2. The van der Waals surface area contributed by atoms with Gasteiger partial charge in [0, 0.05) is 6.54 Å². The van der Waals surface area contributed by atoms with E-state index in [-0.39, 0.29) is 12.2 Å². The molecule has 0 spiro atoms. The van der Waals surface area contributed by atoms with Crippen LogP contribution in [0.3, 0.4) is 0 Å². The van der Waals surface area contributed by atoms with Crippen LogP contribution in [0.1, 0.15) is 13.3 Å². The summed E-state index contributed by atoms with van der Waals surface area (Å²) in [6, 6.07) is 4.27. The predicted octanol–water partition coefficient (Wildman–Crippen LogP) is 2.23. The Morgan fingerprint density at radius 1 is 1.18 bits per heavy atom. The molecule has 3 N–H and O–H groups in total. The summed E-state index contributed by atoms with van der Waals surface area (Å²) < 4.78 is 40.5. The van der Waals surface area contributed by atoms with Crippen molar-refractivity contribution in [1.29, 1.82) is 0 Å². The van der Waals surface area contributed by atoms with Gasteiger partial charge in [0.1, 0.15) is 0 Å². The first-order valence-corrected chi connectivity index (χ1v) is 6.48. The smallest absolute Gasteiger partial charge is 0.404 e. The van der Waals surface area contributed by atoms with E-state index in [2.05, 4.69) is 20.7 Å². The number of urea groups is 1. The molecule has 0 heterocycles. The number of anilines is 1. The van der Waals surface area contributed by atoms with Crippen molar-refractivity contribution in [3.8, 4) is 5.75 Å². The van der Waals surface area contributed by atoms with Gasteiger partial charge in [0.2, 0.25) is 5.91 Å². The van der Waals surface area contributed by atoms with E-state index in [0.717, 1.165) is 12.5 Å². The molecule has 0 aliphatic rings. The number of hydrogen-bond acceptors (Lipinski definition) is 3. The van der Waals surface area contributed by atoms with E-state index in [1.807, 2.05) is 6.92 Å². The van der Waals surface area contributed by atoms with Gasteiger partial charge >= 0.3 is 12.4 Å². The third-order valence-electron chi connectivity index (χ3n) is 2.34. The molecular formula is C13H16F3N3O3. The molecule has 3 amide bonds. The Balaban J connectivity index is 2.56. The van der Waals surface area contributed by atoms with Crippen molar-refractivity contribution in [3.05, 3.63) is 24.3 Å². The number of carbonyl (C=O) groups is 2. The Bertz CT molecular complexity index is 521. The van der Waals surface area contributed by atoms with Crippen molar-refractivity contribution < 1.29 is 27.5 Å². The maximum absolute atomic E-state index is 12.2. The molecule has 0 saturated carbocycles. The molecule has 22 heavy (non-hydrogen) atoms. The molecule has 9 heteroatoms.